The highest BCUT2D eigenvalue weighted by Gasteiger charge is 2.08. The number of rotatable bonds is 4. The maximum absolute atomic E-state index is 10.5. The minimum Gasteiger partial charge on any atom is -0.505 e. The third kappa shape index (κ3) is 3.52. The summed E-state index contributed by atoms with van der Waals surface area (Å²) in [5.41, 5.74) is 1.15. The van der Waals surface area contributed by atoms with Gasteiger partial charge in [-0.2, -0.15) is 0 Å². The van der Waals surface area contributed by atoms with E-state index in [-0.39, 0.29) is 17.1 Å². The Morgan fingerprint density at radius 1 is 1.15 bits per heavy atom. The molecule has 0 saturated carbocycles. The van der Waals surface area contributed by atoms with Gasteiger partial charge in [0, 0.05) is 12.3 Å². The fourth-order valence-corrected chi connectivity index (χ4v) is 1.58. The lowest BCUT2D eigenvalue weighted by atomic mass is 10.2. The molecule has 100 valence electrons. The molecule has 2 aromatic rings. The highest BCUT2D eigenvalue weighted by molar-refractivity contribution is 5.81. The van der Waals surface area contributed by atoms with E-state index in [0.717, 1.165) is 11.6 Å². The van der Waals surface area contributed by atoms with Crippen LogP contribution in [0.1, 0.15) is 5.56 Å². The number of allylic oxidation sites excluding steroid dienone is 1. The van der Waals surface area contributed by atoms with E-state index >= 15 is 0 Å². The molecule has 0 spiro atoms. The third-order valence-electron chi connectivity index (χ3n) is 2.56. The zero-order valence-corrected chi connectivity index (χ0v) is 10.5. The van der Waals surface area contributed by atoms with Crippen molar-refractivity contribution in [3.63, 3.8) is 0 Å². The number of benzene rings is 2. The molecule has 1 N–H and O–H groups in total. The van der Waals surface area contributed by atoms with E-state index in [4.69, 9.17) is 0 Å². The molecule has 0 aliphatic heterocycles. The number of nitrogens with zero attached hydrogens (tertiary/aromatic N) is 2. The number of nitro groups is 1. The maximum atomic E-state index is 10.5. The summed E-state index contributed by atoms with van der Waals surface area (Å²) < 4.78 is 0. The van der Waals surface area contributed by atoms with E-state index < -0.39 is 4.92 Å². The van der Waals surface area contributed by atoms with Crippen LogP contribution < -0.4 is 0 Å². The average molecular weight is 268 g/mol. The number of non-ortho nitro benzene ring substituents is 1. The van der Waals surface area contributed by atoms with E-state index in [1.807, 2.05) is 36.4 Å². The van der Waals surface area contributed by atoms with Crippen molar-refractivity contribution >= 4 is 23.7 Å². The van der Waals surface area contributed by atoms with Crippen LogP contribution in [0.5, 0.6) is 5.75 Å². The molecule has 0 aliphatic rings. The van der Waals surface area contributed by atoms with Crippen molar-refractivity contribution in [1.82, 2.24) is 0 Å². The van der Waals surface area contributed by atoms with E-state index in [1.54, 1.807) is 6.08 Å². The van der Waals surface area contributed by atoms with Gasteiger partial charge in [-0.05, 0) is 17.7 Å². The Balaban J connectivity index is 2.08. The topological polar surface area (TPSA) is 75.7 Å². The van der Waals surface area contributed by atoms with Crippen LogP contribution in [0.15, 0.2) is 59.6 Å². The van der Waals surface area contributed by atoms with Crippen molar-refractivity contribution in [1.29, 1.82) is 0 Å². The highest BCUT2D eigenvalue weighted by Crippen LogP contribution is 2.29. The molecule has 0 fully saturated rings. The number of phenolic OH excluding ortho intramolecular Hbond substituents is 1. The number of hydrogen-bond donors (Lipinski definition) is 1. The lowest BCUT2D eigenvalue weighted by Gasteiger charge is -1.97. The number of aliphatic imine (C=N–C) groups is 1. The molecule has 0 saturated heterocycles. The summed E-state index contributed by atoms with van der Waals surface area (Å²) in [6.45, 7) is 0. The van der Waals surface area contributed by atoms with Crippen LogP contribution in [0.4, 0.5) is 11.4 Å². The van der Waals surface area contributed by atoms with Gasteiger partial charge in [-0.3, -0.25) is 15.1 Å². The van der Waals surface area contributed by atoms with Crippen LogP contribution in [-0.4, -0.2) is 16.2 Å². The van der Waals surface area contributed by atoms with Crippen LogP contribution in [0.25, 0.3) is 6.08 Å². The Morgan fingerprint density at radius 3 is 2.55 bits per heavy atom. The van der Waals surface area contributed by atoms with Crippen LogP contribution in [0.2, 0.25) is 0 Å². The van der Waals surface area contributed by atoms with Gasteiger partial charge in [0.15, 0.2) is 0 Å². The molecular weight excluding hydrogens is 256 g/mol. The molecule has 0 aliphatic carbocycles. The van der Waals surface area contributed by atoms with Crippen molar-refractivity contribution in [2.45, 2.75) is 0 Å². The minimum atomic E-state index is -0.567. The lowest BCUT2D eigenvalue weighted by Crippen LogP contribution is -1.86. The Kier molecular flexibility index (Phi) is 4.24. The highest BCUT2D eigenvalue weighted by atomic mass is 16.6. The van der Waals surface area contributed by atoms with Crippen molar-refractivity contribution < 1.29 is 10.0 Å². The normalized spacial score (nSPS) is 11.2. The first-order chi connectivity index (χ1) is 9.66. The van der Waals surface area contributed by atoms with Gasteiger partial charge in [0.25, 0.3) is 5.69 Å². The van der Waals surface area contributed by atoms with Gasteiger partial charge in [0.05, 0.1) is 11.0 Å². The maximum Gasteiger partial charge on any atom is 0.273 e. The van der Waals surface area contributed by atoms with Crippen LogP contribution in [0.3, 0.4) is 0 Å². The monoisotopic (exact) mass is 268 g/mol. The first-order valence-corrected chi connectivity index (χ1v) is 5.90. The summed E-state index contributed by atoms with van der Waals surface area (Å²) >= 11 is 0. The van der Waals surface area contributed by atoms with E-state index in [0.29, 0.717) is 0 Å². The van der Waals surface area contributed by atoms with E-state index in [9.17, 15) is 15.2 Å². The zero-order valence-electron chi connectivity index (χ0n) is 10.5. The van der Waals surface area contributed by atoms with Crippen molar-refractivity contribution in [3.05, 3.63) is 70.3 Å². The Labute approximate surface area is 115 Å². The van der Waals surface area contributed by atoms with Gasteiger partial charge in [-0.1, -0.05) is 36.4 Å². The largest absolute Gasteiger partial charge is 0.505 e. The van der Waals surface area contributed by atoms with Crippen LogP contribution in [-0.2, 0) is 0 Å². The van der Waals surface area contributed by atoms with E-state index in [2.05, 4.69) is 4.99 Å². The molecule has 0 amide bonds. The minimum absolute atomic E-state index is 0.165. The standard InChI is InChI=1S/C15H12N2O3/c18-15-11-13(17(19)20)8-9-14(15)16-10-4-7-12-5-2-1-3-6-12/h1-11,18H/b7-4-,16-10?. The predicted molar refractivity (Wildman–Crippen MR) is 78.4 cm³/mol. The Morgan fingerprint density at radius 2 is 1.90 bits per heavy atom. The molecule has 2 rings (SSSR count). The lowest BCUT2D eigenvalue weighted by molar-refractivity contribution is -0.384. The predicted octanol–water partition coefficient (Wildman–Crippen LogP) is 3.72. The second-order valence-electron chi connectivity index (χ2n) is 3.98. The van der Waals surface area contributed by atoms with Crippen LogP contribution in [0, 0.1) is 10.1 Å². The molecule has 5 heteroatoms. The third-order valence-corrected chi connectivity index (χ3v) is 2.56. The molecule has 20 heavy (non-hydrogen) atoms. The average Bonchev–Trinajstić information content (AvgIpc) is 2.46. The Bertz CT molecular complexity index is 664. The molecule has 0 heterocycles. The number of hydrogen-bond acceptors (Lipinski definition) is 4. The second kappa shape index (κ2) is 6.29. The van der Waals surface area contributed by atoms with Gasteiger partial charge in [-0.15, -0.1) is 0 Å². The first-order valence-electron chi connectivity index (χ1n) is 5.90. The molecule has 0 atom stereocenters. The van der Waals surface area contributed by atoms with Gasteiger partial charge in [-0.25, -0.2) is 0 Å². The number of aromatic hydroxyl groups is 1. The fraction of sp³-hybridized carbons (Fsp3) is 0. The molecule has 2 aromatic carbocycles. The van der Waals surface area contributed by atoms with Crippen molar-refractivity contribution in [2.75, 3.05) is 0 Å². The summed E-state index contributed by atoms with van der Waals surface area (Å²) in [5, 5.41) is 20.1. The van der Waals surface area contributed by atoms with Gasteiger partial charge in [0.1, 0.15) is 11.4 Å². The second-order valence-corrected chi connectivity index (χ2v) is 3.98. The fourth-order valence-electron chi connectivity index (χ4n) is 1.58. The van der Waals surface area contributed by atoms with Gasteiger partial charge in [0.2, 0.25) is 0 Å². The van der Waals surface area contributed by atoms with E-state index in [1.165, 1.54) is 18.3 Å². The molecule has 0 radical (unpaired) electrons. The van der Waals surface area contributed by atoms with Crippen molar-refractivity contribution in [3.8, 4) is 5.75 Å². The summed E-state index contributed by atoms with van der Waals surface area (Å²) in [7, 11) is 0. The summed E-state index contributed by atoms with van der Waals surface area (Å²) in [6.07, 6.45) is 5.12. The van der Waals surface area contributed by atoms with Crippen LogP contribution >= 0.6 is 0 Å². The summed E-state index contributed by atoms with van der Waals surface area (Å²) in [4.78, 5) is 14.0. The summed E-state index contributed by atoms with van der Waals surface area (Å²) in [6, 6.07) is 13.5. The molecule has 0 bridgehead atoms. The molecule has 0 aromatic heterocycles. The first kappa shape index (κ1) is 13.5. The quantitative estimate of drug-likeness (QED) is 0.521. The number of phenols is 1. The SMILES string of the molecule is O=[N+]([O-])c1ccc(N=C/C=C\c2ccccc2)c(O)c1. The Hall–Kier alpha value is -2.95. The molecule has 5 nitrogen and oxygen atoms in total. The summed E-state index contributed by atoms with van der Waals surface area (Å²) in [5.74, 6) is -0.219. The smallest absolute Gasteiger partial charge is 0.273 e. The van der Waals surface area contributed by atoms with Gasteiger partial charge >= 0.3 is 0 Å². The van der Waals surface area contributed by atoms with Gasteiger partial charge < -0.3 is 5.11 Å². The zero-order chi connectivity index (χ0) is 14.4. The molecule has 0 unspecified atom stereocenters. The van der Waals surface area contributed by atoms with Crippen molar-refractivity contribution in [2.24, 2.45) is 4.99 Å². The molecular formula is C15H12N2O3. The number of nitro benzene ring substituents is 1.